The Morgan fingerprint density at radius 3 is 2.68 bits per heavy atom. The van der Waals surface area contributed by atoms with E-state index >= 15 is 0 Å². The van der Waals surface area contributed by atoms with Gasteiger partial charge in [-0.2, -0.15) is 0 Å². The van der Waals surface area contributed by atoms with Gasteiger partial charge in [0, 0.05) is 19.6 Å². The Morgan fingerprint density at radius 2 is 2.04 bits per heavy atom. The topological polar surface area (TPSA) is 91.8 Å². The molecule has 25 heavy (non-hydrogen) atoms. The summed E-state index contributed by atoms with van der Waals surface area (Å²) in [4.78, 5) is 4.51. The summed E-state index contributed by atoms with van der Waals surface area (Å²) in [6.45, 7) is 8.30. The molecule has 1 rings (SSSR count). The molecule has 0 amide bonds. The van der Waals surface area contributed by atoms with E-state index in [1.807, 2.05) is 45.0 Å². The standard InChI is InChI=1S/C17H30N4O3S/c1-5-18-17(19-10-7-11-21-25(4,22)23)20-13-15(3)24-16-9-6-8-14(2)12-16/h6,8-9,12,15,21H,5,7,10-11,13H2,1-4H3,(H2,18,19,20). The fourth-order valence-corrected chi connectivity index (χ4v) is 2.59. The maximum Gasteiger partial charge on any atom is 0.208 e. The van der Waals surface area contributed by atoms with Crippen LogP contribution in [0.3, 0.4) is 0 Å². The monoisotopic (exact) mass is 370 g/mol. The number of ether oxygens (including phenoxy) is 1. The van der Waals surface area contributed by atoms with E-state index in [0.717, 1.165) is 24.1 Å². The average Bonchev–Trinajstić information content (AvgIpc) is 2.51. The van der Waals surface area contributed by atoms with Crippen LogP contribution in [0.1, 0.15) is 25.8 Å². The van der Waals surface area contributed by atoms with Gasteiger partial charge in [0.05, 0.1) is 12.8 Å². The molecular formula is C17H30N4O3S. The molecule has 0 bridgehead atoms. The SMILES string of the molecule is CCNC(=NCC(C)Oc1cccc(C)c1)NCCCNS(C)(=O)=O. The number of aryl methyl sites for hydroxylation is 1. The molecule has 142 valence electrons. The maximum atomic E-state index is 11.0. The lowest BCUT2D eigenvalue weighted by molar-refractivity contribution is 0.230. The van der Waals surface area contributed by atoms with Crippen LogP contribution in [0.4, 0.5) is 0 Å². The number of hydrogen-bond acceptors (Lipinski definition) is 4. The van der Waals surface area contributed by atoms with Gasteiger partial charge in [-0.25, -0.2) is 18.1 Å². The second kappa shape index (κ2) is 10.9. The van der Waals surface area contributed by atoms with Crippen LogP contribution in [0.15, 0.2) is 29.3 Å². The number of aliphatic imine (C=N–C) groups is 1. The minimum atomic E-state index is -3.13. The van der Waals surface area contributed by atoms with E-state index in [2.05, 4.69) is 20.3 Å². The van der Waals surface area contributed by atoms with Crippen molar-refractivity contribution in [2.75, 3.05) is 32.4 Å². The van der Waals surface area contributed by atoms with E-state index in [9.17, 15) is 8.42 Å². The van der Waals surface area contributed by atoms with E-state index in [-0.39, 0.29) is 6.10 Å². The molecule has 1 atom stereocenters. The zero-order valence-corrected chi connectivity index (χ0v) is 16.3. The van der Waals surface area contributed by atoms with Crippen molar-refractivity contribution in [2.24, 2.45) is 4.99 Å². The van der Waals surface area contributed by atoms with Gasteiger partial charge >= 0.3 is 0 Å². The Kier molecular flexibility index (Phi) is 9.30. The predicted molar refractivity (Wildman–Crippen MR) is 103 cm³/mol. The smallest absolute Gasteiger partial charge is 0.208 e. The van der Waals surface area contributed by atoms with Crippen LogP contribution in [0.5, 0.6) is 5.75 Å². The minimum Gasteiger partial charge on any atom is -0.489 e. The molecule has 1 unspecified atom stereocenters. The van der Waals surface area contributed by atoms with E-state index in [1.165, 1.54) is 0 Å². The Labute approximate surface area is 151 Å². The Morgan fingerprint density at radius 1 is 1.28 bits per heavy atom. The number of guanidine groups is 1. The van der Waals surface area contributed by atoms with E-state index in [0.29, 0.717) is 32.0 Å². The minimum absolute atomic E-state index is 0.0517. The lowest BCUT2D eigenvalue weighted by atomic mass is 10.2. The third-order valence-electron chi connectivity index (χ3n) is 3.19. The first kappa shape index (κ1) is 21.2. The number of nitrogens with zero attached hydrogens (tertiary/aromatic N) is 1. The molecule has 3 N–H and O–H groups in total. The van der Waals surface area contributed by atoms with Crippen molar-refractivity contribution < 1.29 is 13.2 Å². The summed E-state index contributed by atoms with van der Waals surface area (Å²) in [6.07, 6.45) is 1.78. The number of benzene rings is 1. The first-order valence-corrected chi connectivity index (χ1v) is 10.4. The number of nitrogens with one attached hydrogen (secondary N) is 3. The lowest BCUT2D eigenvalue weighted by Gasteiger charge is -2.15. The molecule has 0 aromatic heterocycles. The van der Waals surface area contributed by atoms with Crippen LogP contribution < -0.4 is 20.1 Å². The number of rotatable bonds is 10. The van der Waals surface area contributed by atoms with Crippen molar-refractivity contribution in [2.45, 2.75) is 33.3 Å². The van der Waals surface area contributed by atoms with Gasteiger partial charge in [-0.15, -0.1) is 0 Å². The highest BCUT2D eigenvalue weighted by molar-refractivity contribution is 7.88. The highest BCUT2D eigenvalue weighted by Crippen LogP contribution is 2.14. The Bertz CT molecular complexity index is 647. The van der Waals surface area contributed by atoms with Crippen molar-refractivity contribution in [3.63, 3.8) is 0 Å². The number of hydrogen-bond donors (Lipinski definition) is 3. The molecule has 0 aliphatic rings. The molecule has 0 heterocycles. The first-order chi connectivity index (χ1) is 11.8. The maximum absolute atomic E-state index is 11.0. The molecule has 8 heteroatoms. The van der Waals surface area contributed by atoms with Crippen LogP contribution in [0, 0.1) is 6.92 Å². The molecular weight excluding hydrogens is 340 g/mol. The summed E-state index contributed by atoms with van der Waals surface area (Å²) >= 11 is 0. The van der Waals surface area contributed by atoms with Gasteiger partial charge in [0.2, 0.25) is 10.0 Å². The van der Waals surface area contributed by atoms with Crippen LogP contribution >= 0.6 is 0 Å². The highest BCUT2D eigenvalue weighted by Gasteiger charge is 2.05. The second-order valence-corrected chi connectivity index (χ2v) is 7.74. The Balaban J connectivity index is 2.40. The van der Waals surface area contributed by atoms with Crippen molar-refractivity contribution in [3.8, 4) is 5.75 Å². The fourth-order valence-electron chi connectivity index (χ4n) is 2.07. The Hall–Kier alpha value is -1.80. The molecule has 0 saturated heterocycles. The van der Waals surface area contributed by atoms with E-state index < -0.39 is 10.0 Å². The largest absolute Gasteiger partial charge is 0.489 e. The molecule has 0 saturated carbocycles. The normalized spacial score (nSPS) is 13.4. The van der Waals surface area contributed by atoms with Crippen molar-refractivity contribution in [1.82, 2.24) is 15.4 Å². The average molecular weight is 371 g/mol. The van der Waals surface area contributed by atoms with Crippen LogP contribution in [-0.4, -0.2) is 52.9 Å². The van der Waals surface area contributed by atoms with Crippen LogP contribution in [0.25, 0.3) is 0 Å². The summed E-state index contributed by atoms with van der Waals surface area (Å²) < 4.78 is 30.3. The zero-order valence-electron chi connectivity index (χ0n) is 15.5. The van der Waals surface area contributed by atoms with Gasteiger partial charge in [0.15, 0.2) is 5.96 Å². The molecule has 7 nitrogen and oxygen atoms in total. The van der Waals surface area contributed by atoms with E-state index in [4.69, 9.17) is 4.74 Å². The summed E-state index contributed by atoms with van der Waals surface area (Å²) in [5, 5.41) is 6.35. The van der Waals surface area contributed by atoms with Crippen molar-refractivity contribution >= 4 is 16.0 Å². The molecule has 0 radical (unpaired) electrons. The third-order valence-corrected chi connectivity index (χ3v) is 3.92. The van der Waals surface area contributed by atoms with Crippen LogP contribution in [-0.2, 0) is 10.0 Å². The van der Waals surface area contributed by atoms with Gasteiger partial charge in [-0.05, 0) is 44.9 Å². The van der Waals surface area contributed by atoms with E-state index in [1.54, 1.807) is 0 Å². The molecule has 0 aliphatic carbocycles. The summed E-state index contributed by atoms with van der Waals surface area (Å²) in [5.41, 5.74) is 1.16. The van der Waals surface area contributed by atoms with Gasteiger partial charge in [-0.1, -0.05) is 12.1 Å². The molecule has 0 fully saturated rings. The van der Waals surface area contributed by atoms with Crippen molar-refractivity contribution in [3.05, 3.63) is 29.8 Å². The van der Waals surface area contributed by atoms with Crippen molar-refractivity contribution in [1.29, 1.82) is 0 Å². The first-order valence-electron chi connectivity index (χ1n) is 8.50. The predicted octanol–water partition coefficient (Wildman–Crippen LogP) is 1.26. The van der Waals surface area contributed by atoms with Gasteiger partial charge in [-0.3, -0.25) is 0 Å². The van der Waals surface area contributed by atoms with Gasteiger partial charge < -0.3 is 15.4 Å². The highest BCUT2D eigenvalue weighted by atomic mass is 32.2. The molecule has 1 aromatic carbocycles. The zero-order chi connectivity index (χ0) is 18.7. The molecule has 0 spiro atoms. The second-order valence-electron chi connectivity index (χ2n) is 5.91. The summed E-state index contributed by atoms with van der Waals surface area (Å²) in [5.74, 6) is 1.54. The summed E-state index contributed by atoms with van der Waals surface area (Å²) in [7, 11) is -3.13. The lowest BCUT2D eigenvalue weighted by Crippen LogP contribution is -2.39. The third kappa shape index (κ3) is 10.6. The summed E-state index contributed by atoms with van der Waals surface area (Å²) in [6, 6.07) is 7.93. The molecule has 0 aliphatic heterocycles. The molecule has 1 aromatic rings. The van der Waals surface area contributed by atoms with Gasteiger partial charge in [0.1, 0.15) is 11.9 Å². The van der Waals surface area contributed by atoms with Crippen LogP contribution in [0.2, 0.25) is 0 Å². The van der Waals surface area contributed by atoms with Gasteiger partial charge in [0.25, 0.3) is 0 Å². The quantitative estimate of drug-likeness (QED) is 0.328. The number of sulfonamides is 1. The fraction of sp³-hybridized carbons (Fsp3) is 0.588.